The predicted octanol–water partition coefficient (Wildman–Crippen LogP) is 1.85. The predicted molar refractivity (Wildman–Crippen MR) is 130 cm³/mol. The molecule has 0 aromatic heterocycles. The molecule has 2 aromatic carbocycles. The average molecular weight is 514 g/mol. The number of hydrogen-bond acceptors (Lipinski definition) is 10. The van der Waals surface area contributed by atoms with Crippen LogP contribution in [0.4, 0.5) is 0 Å². The van der Waals surface area contributed by atoms with Gasteiger partial charge in [0.1, 0.15) is 17.2 Å². The molecular weight excluding hydrogens is 482 g/mol. The SMILES string of the molecule is CC[C@@]1(O)Cc2c(O)c3c(c(O)c2[C@H](O[C@H]2C[C@H](N)[C@H](O)[C@H](C)O2)C1)C(=O)c1c(OC)cccc1C3=O. The van der Waals surface area contributed by atoms with Crippen molar-refractivity contribution < 1.29 is 44.2 Å². The van der Waals surface area contributed by atoms with Gasteiger partial charge in [0, 0.05) is 42.0 Å². The summed E-state index contributed by atoms with van der Waals surface area (Å²) in [6.45, 7) is 3.44. The van der Waals surface area contributed by atoms with Crippen molar-refractivity contribution in [2.75, 3.05) is 7.11 Å². The number of phenolic OH excluding ortho intramolecular Hbond substituents is 2. The second-order valence-electron chi connectivity index (χ2n) is 10.1. The van der Waals surface area contributed by atoms with Gasteiger partial charge in [0.2, 0.25) is 5.78 Å². The number of carbonyl (C=O) groups is 2. The third-order valence-corrected chi connectivity index (χ3v) is 7.88. The van der Waals surface area contributed by atoms with Crippen LogP contribution in [0.5, 0.6) is 17.2 Å². The molecule has 0 unspecified atom stereocenters. The highest BCUT2D eigenvalue weighted by Crippen LogP contribution is 2.52. The highest BCUT2D eigenvalue weighted by molar-refractivity contribution is 6.31. The maximum absolute atomic E-state index is 13.6. The maximum Gasteiger partial charge on any atom is 0.202 e. The Bertz CT molecular complexity index is 1280. The zero-order chi connectivity index (χ0) is 26.8. The molecular formula is C27H31NO9. The number of aromatic hydroxyl groups is 2. The van der Waals surface area contributed by atoms with Crippen LogP contribution < -0.4 is 10.5 Å². The first-order chi connectivity index (χ1) is 17.5. The first kappa shape index (κ1) is 25.6. The summed E-state index contributed by atoms with van der Waals surface area (Å²) < 4.78 is 17.3. The van der Waals surface area contributed by atoms with Gasteiger partial charge in [-0.3, -0.25) is 9.59 Å². The summed E-state index contributed by atoms with van der Waals surface area (Å²) in [6.07, 6.45) is -2.93. The number of nitrogens with two attached hydrogens (primary N) is 1. The van der Waals surface area contributed by atoms with Crippen LogP contribution in [0.3, 0.4) is 0 Å². The van der Waals surface area contributed by atoms with E-state index in [-0.39, 0.29) is 58.4 Å². The van der Waals surface area contributed by atoms with Gasteiger partial charge in [-0.1, -0.05) is 19.1 Å². The van der Waals surface area contributed by atoms with E-state index in [1.165, 1.54) is 19.2 Å². The molecule has 5 rings (SSSR count). The fourth-order valence-electron chi connectivity index (χ4n) is 5.74. The molecule has 10 heteroatoms. The number of phenols is 2. The molecule has 6 atom stereocenters. The van der Waals surface area contributed by atoms with Crippen LogP contribution in [0.1, 0.15) is 82.2 Å². The van der Waals surface area contributed by atoms with Crippen LogP contribution in [0, 0.1) is 0 Å². The number of carbonyl (C=O) groups excluding carboxylic acids is 2. The molecule has 0 amide bonds. The van der Waals surface area contributed by atoms with Crippen LogP contribution in [-0.4, -0.2) is 69.2 Å². The average Bonchev–Trinajstić information content (AvgIpc) is 2.87. The minimum Gasteiger partial charge on any atom is -0.507 e. The summed E-state index contributed by atoms with van der Waals surface area (Å²) in [6, 6.07) is 3.95. The van der Waals surface area contributed by atoms with E-state index in [4.69, 9.17) is 19.9 Å². The normalized spacial score (nSPS) is 30.9. The number of aliphatic hydroxyl groups excluding tert-OH is 1. The molecule has 2 aliphatic carbocycles. The molecule has 10 nitrogen and oxygen atoms in total. The van der Waals surface area contributed by atoms with E-state index in [1.807, 2.05) is 0 Å². The molecule has 2 aromatic rings. The Morgan fingerprint density at radius 1 is 1.14 bits per heavy atom. The van der Waals surface area contributed by atoms with E-state index in [1.54, 1.807) is 19.9 Å². The van der Waals surface area contributed by atoms with E-state index in [2.05, 4.69) is 0 Å². The first-order valence-electron chi connectivity index (χ1n) is 12.3. The van der Waals surface area contributed by atoms with Gasteiger partial charge in [-0.05, 0) is 19.4 Å². The minimum atomic E-state index is -1.32. The van der Waals surface area contributed by atoms with Crippen molar-refractivity contribution in [1.29, 1.82) is 0 Å². The molecule has 0 spiro atoms. The number of rotatable bonds is 4. The van der Waals surface area contributed by atoms with E-state index >= 15 is 0 Å². The van der Waals surface area contributed by atoms with Gasteiger partial charge in [-0.2, -0.15) is 0 Å². The molecule has 1 fully saturated rings. The lowest BCUT2D eigenvalue weighted by molar-refractivity contribution is -0.247. The molecule has 1 aliphatic heterocycles. The third-order valence-electron chi connectivity index (χ3n) is 7.88. The van der Waals surface area contributed by atoms with Crippen molar-refractivity contribution in [3.05, 3.63) is 51.6 Å². The van der Waals surface area contributed by atoms with Crippen molar-refractivity contribution in [3.8, 4) is 17.2 Å². The van der Waals surface area contributed by atoms with Gasteiger partial charge >= 0.3 is 0 Å². The van der Waals surface area contributed by atoms with E-state index < -0.39 is 59.3 Å². The van der Waals surface area contributed by atoms with Crippen molar-refractivity contribution >= 4 is 11.6 Å². The van der Waals surface area contributed by atoms with E-state index in [9.17, 15) is 30.0 Å². The van der Waals surface area contributed by atoms with Gasteiger partial charge in [0.05, 0.1) is 47.7 Å². The van der Waals surface area contributed by atoms with Crippen molar-refractivity contribution in [2.24, 2.45) is 5.73 Å². The Balaban J connectivity index is 1.66. The molecule has 6 N–H and O–H groups in total. The molecule has 198 valence electrons. The number of methoxy groups -OCH3 is 1. The smallest absolute Gasteiger partial charge is 0.202 e. The highest BCUT2D eigenvalue weighted by Gasteiger charge is 2.47. The standard InChI is InChI=1S/C27H31NO9/c1-4-27(34)9-13-19(16(10-27)37-17-8-14(28)22(29)11(2)36-17)26(33)21-20(24(13)31)23(30)12-6-5-7-15(35-3)18(12)25(21)32/h5-7,11,14,16-17,22,29,31,33-34H,4,8-10,28H2,1-3H3/t11-,14-,16+,17-,22+,27+/m0/s1. The fourth-order valence-corrected chi connectivity index (χ4v) is 5.74. The Morgan fingerprint density at radius 2 is 1.84 bits per heavy atom. The van der Waals surface area contributed by atoms with Crippen molar-refractivity contribution in [2.45, 2.75) is 75.8 Å². The van der Waals surface area contributed by atoms with E-state index in [0.29, 0.717) is 6.42 Å². The van der Waals surface area contributed by atoms with E-state index in [0.717, 1.165) is 0 Å². The fraction of sp³-hybridized carbons (Fsp3) is 0.481. The van der Waals surface area contributed by atoms with Crippen LogP contribution >= 0.6 is 0 Å². The van der Waals surface area contributed by atoms with Crippen LogP contribution in [0.25, 0.3) is 0 Å². The molecule has 37 heavy (non-hydrogen) atoms. The Labute approximate surface area is 213 Å². The molecule has 1 saturated heterocycles. The lowest BCUT2D eigenvalue weighted by atomic mass is 9.72. The quantitative estimate of drug-likeness (QED) is 0.325. The Morgan fingerprint density at radius 3 is 2.49 bits per heavy atom. The van der Waals surface area contributed by atoms with Gasteiger partial charge in [0.25, 0.3) is 0 Å². The number of benzene rings is 2. The number of ether oxygens (including phenoxy) is 3. The zero-order valence-electron chi connectivity index (χ0n) is 20.9. The topological polar surface area (TPSA) is 169 Å². The lowest BCUT2D eigenvalue weighted by Crippen LogP contribution is -2.52. The number of fused-ring (bicyclic) bond motifs is 3. The Kier molecular flexibility index (Phi) is 6.28. The summed E-state index contributed by atoms with van der Waals surface area (Å²) in [7, 11) is 1.37. The minimum absolute atomic E-state index is 0.000101. The van der Waals surface area contributed by atoms with Crippen molar-refractivity contribution in [1.82, 2.24) is 0 Å². The molecule has 0 bridgehead atoms. The van der Waals surface area contributed by atoms with Gasteiger partial charge in [-0.15, -0.1) is 0 Å². The molecule has 0 radical (unpaired) electrons. The number of aliphatic hydroxyl groups is 2. The zero-order valence-corrected chi connectivity index (χ0v) is 20.9. The maximum atomic E-state index is 13.6. The number of ketones is 2. The summed E-state index contributed by atoms with van der Waals surface area (Å²) >= 11 is 0. The van der Waals surface area contributed by atoms with Gasteiger partial charge in [0.15, 0.2) is 12.1 Å². The largest absolute Gasteiger partial charge is 0.507 e. The summed E-state index contributed by atoms with van der Waals surface area (Å²) in [5.41, 5.74) is 4.39. The van der Waals surface area contributed by atoms with Gasteiger partial charge in [-0.25, -0.2) is 0 Å². The Hall–Kier alpha value is -3.02. The first-order valence-corrected chi connectivity index (χ1v) is 12.3. The third kappa shape index (κ3) is 3.91. The molecule has 1 heterocycles. The summed E-state index contributed by atoms with van der Waals surface area (Å²) in [4.78, 5) is 27.1. The summed E-state index contributed by atoms with van der Waals surface area (Å²) in [5.74, 6) is -2.09. The second-order valence-corrected chi connectivity index (χ2v) is 10.1. The molecule has 3 aliphatic rings. The highest BCUT2D eigenvalue weighted by atomic mass is 16.7. The monoisotopic (exact) mass is 513 g/mol. The summed E-state index contributed by atoms with van der Waals surface area (Å²) in [5, 5.41) is 44.3. The van der Waals surface area contributed by atoms with Crippen molar-refractivity contribution in [3.63, 3.8) is 0 Å². The van der Waals surface area contributed by atoms with Gasteiger partial charge < -0.3 is 40.4 Å². The number of hydrogen-bond donors (Lipinski definition) is 5. The van der Waals surface area contributed by atoms with Crippen LogP contribution in [0.15, 0.2) is 18.2 Å². The van der Waals surface area contributed by atoms with Crippen LogP contribution in [0.2, 0.25) is 0 Å². The lowest BCUT2D eigenvalue weighted by Gasteiger charge is -2.42. The van der Waals surface area contributed by atoms with Crippen LogP contribution in [-0.2, 0) is 15.9 Å². The second kappa shape index (κ2) is 9.07. The molecule has 0 saturated carbocycles.